The van der Waals surface area contributed by atoms with E-state index in [4.69, 9.17) is 14.5 Å². The average Bonchev–Trinajstić information content (AvgIpc) is 3.94. The zero-order valence-electron chi connectivity index (χ0n) is 42.3. The van der Waals surface area contributed by atoms with E-state index < -0.39 is 47.2 Å². The molecule has 6 bridgehead atoms. The van der Waals surface area contributed by atoms with Crippen LogP contribution >= 0.6 is 0 Å². The molecule has 0 radical (unpaired) electrons. The van der Waals surface area contributed by atoms with Crippen LogP contribution in [0.5, 0.6) is 0 Å². The first-order valence-corrected chi connectivity index (χ1v) is 24.5. The Morgan fingerprint density at radius 2 is 1.80 bits per heavy atom. The van der Waals surface area contributed by atoms with E-state index in [0.29, 0.717) is 51.9 Å². The lowest BCUT2D eigenvalue weighted by Crippen LogP contribution is -2.62. The van der Waals surface area contributed by atoms with Gasteiger partial charge in [-0.15, -0.1) is 0 Å². The number of aromatic nitrogens is 2. The van der Waals surface area contributed by atoms with Crippen LogP contribution in [0.3, 0.4) is 0 Å². The molecular formula is C54H72N8O7. The molecule has 0 spiro atoms. The smallest absolute Gasteiger partial charge is 0.324 e. The van der Waals surface area contributed by atoms with Gasteiger partial charge in [0, 0.05) is 81.4 Å². The van der Waals surface area contributed by atoms with Gasteiger partial charge in [-0.1, -0.05) is 64.6 Å². The fourth-order valence-corrected chi connectivity index (χ4v) is 10.4. The molecule has 2 aromatic carbocycles. The number of cyclic esters (lactones) is 1. The first kappa shape index (κ1) is 51.0. The topological polar surface area (TPSA) is 159 Å². The van der Waals surface area contributed by atoms with E-state index in [-0.39, 0.29) is 43.4 Å². The van der Waals surface area contributed by atoms with Gasteiger partial charge in [0.05, 0.1) is 30.0 Å². The van der Waals surface area contributed by atoms with Crippen LogP contribution < -0.4 is 10.7 Å². The quantitative estimate of drug-likeness (QED) is 0.122. The number of benzene rings is 2. The van der Waals surface area contributed by atoms with Gasteiger partial charge in [-0.3, -0.25) is 34.0 Å². The molecule has 370 valence electrons. The summed E-state index contributed by atoms with van der Waals surface area (Å²) in [7, 11) is 7.41. The van der Waals surface area contributed by atoms with Gasteiger partial charge in [0.2, 0.25) is 17.7 Å². The van der Waals surface area contributed by atoms with Crippen molar-refractivity contribution in [2.75, 3.05) is 54.5 Å². The molecule has 7 rings (SSSR count). The Balaban J connectivity index is 1.31. The number of esters is 1. The molecule has 0 saturated carbocycles. The van der Waals surface area contributed by atoms with Gasteiger partial charge in [-0.25, -0.2) is 5.43 Å². The Labute approximate surface area is 407 Å². The van der Waals surface area contributed by atoms with Gasteiger partial charge in [0.25, 0.3) is 5.91 Å². The van der Waals surface area contributed by atoms with Gasteiger partial charge in [-0.05, 0) is 112 Å². The largest absolute Gasteiger partial charge is 0.464 e. The number of hydrogen-bond donors (Lipinski definition) is 2. The van der Waals surface area contributed by atoms with Crippen molar-refractivity contribution in [2.45, 2.75) is 111 Å². The molecule has 69 heavy (non-hydrogen) atoms. The third kappa shape index (κ3) is 11.1. The van der Waals surface area contributed by atoms with E-state index in [9.17, 15) is 24.0 Å². The van der Waals surface area contributed by atoms with Crippen molar-refractivity contribution in [3.05, 3.63) is 89.8 Å². The summed E-state index contributed by atoms with van der Waals surface area (Å²) < 4.78 is 14.5. The van der Waals surface area contributed by atoms with Crippen LogP contribution in [0.2, 0.25) is 0 Å². The SMILES string of the molecule is C=CC(=O)N1CCC(C(=O)N(C)[C@H](C(=O)N[C@H]2Cc3cccc(c3)-c3ccc4c(c3)c(c(-c3cc(CN(C)C)cnc3[C@H](C)OC)n4CC)CC(C)(C)COC(=O)[C@@H]3CCCN(N3)C2=O)C(C)C)C1. The summed E-state index contributed by atoms with van der Waals surface area (Å²) in [6, 6.07) is 14.1. The number of amides is 4. The molecule has 0 aliphatic carbocycles. The van der Waals surface area contributed by atoms with Crippen molar-refractivity contribution in [2.24, 2.45) is 17.3 Å². The number of rotatable bonds is 12. The first-order chi connectivity index (χ1) is 32.8. The molecule has 4 aromatic rings. The van der Waals surface area contributed by atoms with E-state index in [1.807, 2.05) is 53.2 Å². The average molecular weight is 945 g/mol. The second-order valence-corrected chi connectivity index (χ2v) is 20.5. The fourth-order valence-electron chi connectivity index (χ4n) is 10.4. The summed E-state index contributed by atoms with van der Waals surface area (Å²) in [5.74, 6) is -2.57. The molecule has 15 heteroatoms. The van der Waals surface area contributed by atoms with Gasteiger partial charge in [-0.2, -0.15) is 0 Å². The summed E-state index contributed by atoms with van der Waals surface area (Å²) >= 11 is 0. The van der Waals surface area contributed by atoms with Crippen LogP contribution in [0.1, 0.15) is 89.3 Å². The fraction of sp³-hybridized carbons (Fsp3) is 0.519. The normalized spacial score (nSPS) is 20.7. The van der Waals surface area contributed by atoms with Crippen molar-refractivity contribution in [3.8, 4) is 22.4 Å². The second kappa shape index (κ2) is 21.4. The second-order valence-electron chi connectivity index (χ2n) is 20.5. The van der Waals surface area contributed by atoms with Gasteiger partial charge in [0.1, 0.15) is 18.1 Å². The highest BCUT2D eigenvalue weighted by atomic mass is 16.5. The molecule has 1 unspecified atom stereocenters. The molecular weight excluding hydrogens is 873 g/mol. The molecule has 2 aromatic heterocycles. The first-order valence-electron chi connectivity index (χ1n) is 24.5. The Hall–Kier alpha value is -5.90. The van der Waals surface area contributed by atoms with E-state index in [1.165, 1.54) is 16.0 Å². The lowest BCUT2D eigenvalue weighted by molar-refractivity contribution is -0.155. The minimum absolute atomic E-state index is 0.128. The molecule has 2 saturated heterocycles. The third-order valence-corrected chi connectivity index (χ3v) is 14.0. The predicted octanol–water partition coefficient (Wildman–Crippen LogP) is 6.33. The number of methoxy groups -OCH3 is 1. The zero-order chi connectivity index (χ0) is 49.9. The number of hydrogen-bond acceptors (Lipinski definition) is 10. The lowest BCUT2D eigenvalue weighted by atomic mass is 9.84. The molecule has 5 heterocycles. The summed E-state index contributed by atoms with van der Waals surface area (Å²) in [4.78, 5) is 79.9. The van der Waals surface area contributed by atoms with Crippen molar-refractivity contribution in [1.29, 1.82) is 0 Å². The van der Waals surface area contributed by atoms with Gasteiger partial charge in [0.15, 0.2) is 0 Å². The lowest BCUT2D eigenvalue weighted by Gasteiger charge is -2.37. The number of fused-ring (bicyclic) bond motifs is 6. The van der Waals surface area contributed by atoms with E-state index in [1.54, 1.807) is 19.1 Å². The highest BCUT2D eigenvalue weighted by Crippen LogP contribution is 2.42. The maximum atomic E-state index is 14.8. The maximum Gasteiger partial charge on any atom is 0.324 e. The molecule has 15 nitrogen and oxygen atoms in total. The van der Waals surface area contributed by atoms with Crippen molar-refractivity contribution in [1.82, 2.24) is 40.0 Å². The van der Waals surface area contributed by atoms with Crippen LogP contribution in [0.25, 0.3) is 33.3 Å². The highest BCUT2D eigenvalue weighted by Gasteiger charge is 2.40. The minimum atomic E-state index is -1.06. The molecule has 2 fully saturated rings. The van der Waals surface area contributed by atoms with Crippen LogP contribution in [-0.4, -0.2) is 131 Å². The number of nitrogens with one attached hydrogen (secondary N) is 2. The van der Waals surface area contributed by atoms with Crippen molar-refractivity contribution >= 4 is 40.5 Å². The Kier molecular flexibility index (Phi) is 15.8. The number of ether oxygens (including phenoxy) is 2. The molecule has 4 amide bonds. The Morgan fingerprint density at radius 3 is 2.49 bits per heavy atom. The molecule has 5 atom stereocenters. The molecule has 3 aliphatic heterocycles. The number of pyridine rings is 1. The summed E-state index contributed by atoms with van der Waals surface area (Å²) in [6.07, 6.45) is 5.11. The third-order valence-electron chi connectivity index (χ3n) is 14.0. The minimum Gasteiger partial charge on any atom is -0.464 e. The number of aryl methyl sites for hydroxylation is 1. The summed E-state index contributed by atoms with van der Waals surface area (Å²) in [5, 5.41) is 5.59. The number of likely N-dealkylation sites (N-methyl/N-ethyl adjacent to an activating group) is 1. The van der Waals surface area contributed by atoms with Crippen LogP contribution in [0, 0.1) is 17.3 Å². The van der Waals surface area contributed by atoms with Crippen LogP contribution in [0.15, 0.2) is 67.4 Å². The number of carbonyl (C=O) groups is 5. The summed E-state index contributed by atoms with van der Waals surface area (Å²) in [6.45, 7) is 18.3. The van der Waals surface area contributed by atoms with E-state index in [2.05, 4.69) is 84.0 Å². The standard InChI is InChI=1S/C54H72N8O7/c1-12-46(63)60-23-21-39(31-60)51(65)59(10)48(33(3)4)50(64)56-44-26-35-16-14-17-37(24-35)38-19-20-45-40(27-38)42(28-54(6,7)32-69-53(67)43-18-15-22-62(57-43)52(44)66)49(61(45)13-2)41-25-36(30-58(8)9)29-55-47(41)34(5)68-11/h12,14,16-17,19-20,24-25,27,29,33-34,39,43-44,48,57H,1,13,15,18,21-23,26,28,30-32H2,2-11H3,(H,56,64)/t34-,39?,43-,44-,48-/m0/s1. The zero-order valence-corrected chi connectivity index (χ0v) is 42.3. The summed E-state index contributed by atoms with van der Waals surface area (Å²) in [5.41, 5.74) is 11.6. The monoisotopic (exact) mass is 945 g/mol. The van der Waals surface area contributed by atoms with Gasteiger partial charge >= 0.3 is 5.97 Å². The predicted molar refractivity (Wildman–Crippen MR) is 267 cm³/mol. The Bertz CT molecular complexity index is 2580. The number of hydrazine groups is 1. The maximum absolute atomic E-state index is 14.8. The highest BCUT2D eigenvalue weighted by molar-refractivity contribution is 5.96. The van der Waals surface area contributed by atoms with Crippen LogP contribution in [-0.2, 0) is 59.4 Å². The molecule has 2 N–H and O–H groups in total. The van der Waals surface area contributed by atoms with Crippen LogP contribution in [0.4, 0.5) is 0 Å². The van der Waals surface area contributed by atoms with Crippen molar-refractivity contribution in [3.63, 3.8) is 0 Å². The number of nitrogens with zero attached hydrogens (tertiary/aromatic N) is 6. The van der Waals surface area contributed by atoms with E-state index >= 15 is 0 Å². The van der Waals surface area contributed by atoms with E-state index in [0.717, 1.165) is 55.7 Å². The number of carbonyl (C=O) groups excluding carboxylic acids is 5. The van der Waals surface area contributed by atoms with Crippen molar-refractivity contribution < 1.29 is 33.4 Å². The molecule has 3 aliphatic rings. The Morgan fingerprint density at radius 1 is 1.04 bits per heavy atom. The number of likely N-dealkylation sites (tertiary alicyclic amines) is 1. The van der Waals surface area contributed by atoms with Gasteiger partial charge < -0.3 is 34.1 Å².